The van der Waals surface area contributed by atoms with E-state index in [1.807, 2.05) is 36.6 Å². The number of nitrogens with one attached hydrogen (secondary N) is 1. The molecule has 1 aromatic heterocycles. The van der Waals surface area contributed by atoms with Gasteiger partial charge in [-0.25, -0.2) is 4.79 Å². The molecule has 0 spiro atoms. The fourth-order valence-corrected chi connectivity index (χ4v) is 3.04. The third-order valence-electron chi connectivity index (χ3n) is 4.47. The summed E-state index contributed by atoms with van der Waals surface area (Å²) in [6.07, 6.45) is 1.68. The predicted molar refractivity (Wildman–Crippen MR) is 111 cm³/mol. The first-order valence-electron chi connectivity index (χ1n) is 8.82. The number of nitro benzene ring substituents is 1. The molecule has 0 aliphatic heterocycles. The number of rotatable bonds is 6. The number of benzene rings is 2. The highest BCUT2D eigenvalue weighted by molar-refractivity contribution is 5.90. The van der Waals surface area contributed by atoms with E-state index in [1.165, 1.54) is 19.2 Å². The zero-order chi connectivity index (χ0) is 21.0. The molecule has 0 saturated carbocycles. The summed E-state index contributed by atoms with van der Waals surface area (Å²) in [5, 5.41) is 14.9. The fraction of sp³-hybridized carbons (Fsp3) is 0.143. The van der Waals surface area contributed by atoms with Crippen LogP contribution in [0.5, 0.6) is 0 Å². The van der Waals surface area contributed by atoms with Crippen LogP contribution >= 0.6 is 0 Å². The summed E-state index contributed by atoms with van der Waals surface area (Å²) in [6.45, 7) is 3.93. The SMILES string of the molecule is COC(=O)c1cccc(-n2c(C)cc(/C=N/Nc3ccc([N+](=O)[O-])cc3)c2C)c1. The Balaban J connectivity index is 1.81. The van der Waals surface area contributed by atoms with Crippen molar-refractivity contribution >= 4 is 23.6 Å². The summed E-state index contributed by atoms with van der Waals surface area (Å²) in [5.74, 6) is -0.386. The van der Waals surface area contributed by atoms with Crippen molar-refractivity contribution in [1.82, 2.24) is 4.57 Å². The minimum atomic E-state index is -0.447. The summed E-state index contributed by atoms with van der Waals surface area (Å²) in [6, 6.07) is 15.2. The minimum absolute atomic E-state index is 0.0252. The second-order valence-electron chi connectivity index (χ2n) is 6.38. The van der Waals surface area contributed by atoms with Gasteiger partial charge in [0.25, 0.3) is 5.69 Å². The monoisotopic (exact) mass is 392 g/mol. The second-order valence-corrected chi connectivity index (χ2v) is 6.38. The average Bonchev–Trinajstić information content (AvgIpc) is 3.01. The van der Waals surface area contributed by atoms with Crippen LogP contribution in [0.3, 0.4) is 0 Å². The van der Waals surface area contributed by atoms with Gasteiger partial charge in [0.05, 0.1) is 29.5 Å². The van der Waals surface area contributed by atoms with Gasteiger partial charge in [-0.05, 0) is 50.2 Å². The van der Waals surface area contributed by atoms with Gasteiger partial charge in [-0.15, -0.1) is 0 Å². The predicted octanol–water partition coefficient (Wildman–Crippen LogP) is 4.23. The van der Waals surface area contributed by atoms with Gasteiger partial charge in [-0.2, -0.15) is 5.10 Å². The van der Waals surface area contributed by atoms with E-state index in [0.29, 0.717) is 11.3 Å². The lowest BCUT2D eigenvalue weighted by Gasteiger charge is -2.11. The molecule has 1 N–H and O–H groups in total. The largest absolute Gasteiger partial charge is 0.465 e. The number of ether oxygens (including phenoxy) is 1. The van der Waals surface area contributed by atoms with Crippen LogP contribution in [0.2, 0.25) is 0 Å². The highest BCUT2D eigenvalue weighted by Gasteiger charge is 2.12. The van der Waals surface area contributed by atoms with E-state index in [4.69, 9.17) is 4.74 Å². The molecular weight excluding hydrogens is 372 g/mol. The molecule has 2 aromatic carbocycles. The Morgan fingerprint density at radius 1 is 1.17 bits per heavy atom. The number of aryl methyl sites for hydroxylation is 1. The Morgan fingerprint density at radius 2 is 1.90 bits per heavy atom. The van der Waals surface area contributed by atoms with Crippen molar-refractivity contribution in [3.8, 4) is 5.69 Å². The molecule has 3 rings (SSSR count). The molecule has 0 aliphatic carbocycles. The molecular formula is C21H20N4O4. The van der Waals surface area contributed by atoms with Gasteiger partial charge in [0.1, 0.15) is 0 Å². The normalized spacial score (nSPS) is 10.9. The van der Waals surface area contributed by atoms with Crippen molar-refractivity contribution in [3.63, 3.8) is 0 Å². The van der Waals surface area contributed by atoms with Crippen LogP contribution < -0.4 is 5.43 Å². The number of carbonyl (C=O) groups is 1. The van der Waals surface area contributed by atoms with Crippen molar-refractivity contribution in [2.24, 2.45) is 5.10 Å². The molecule has 0 fully saturated rings. The lowest BCUT2D eigenvalue weighted by Crippen LogP contribution is -2.04. The number of nitrogens with zero attached hydrogens (tertiary/aromatic N) is 3. The van der Waals surface area contributed by atoms with Gasteiger partial charge >= 0.3 is 5.97 Å². The number of carbonyl (C=O) groups excluding carboxylic acids is 1. The van der Waals surface area contributed by atoms with Crippen LogP contribution in [0, 0.1) is 24.0 Å². The van der Waals surface area contributed by atoms with E-state index in [9.17, 15) is 14.9 Å². The van der Waals surface area contributed by atoms with E-state index in [1.54, 1.807) is 30.5 Å². The first-order chi connectivity index (χ1) is 13.9. The third-order valence-corrected chi connectivity index (χ3v) is 4.47. The second kappa shape index (κ2) is 8.39. The van der Waals surface area contributed by atoms with E-state index >= 15 is 0 Å². The Morgan fingerprint density at radius 3 is 2.55 bits per heavy atom. The number of esters is 1. The molecule has 29 heavy (non-hydrogen) atoms. The Labute approximate surface area is 167 Å². The molecule has 8 heteroatoms. The van der Waals surface area contributed by atoms with Crippen LogP contribution in [-0.4, -0.2) is 28.8 Å². The zero-order valence-electron chi connectivity index (χ0n) is 16.2. The lowest BCUT2D eigenvalue weighted by atomic mass is 10.2. The maximum Gasteiger partial charge on any atom is 0.337 e. The van der Waals surface area contributed by atoms with Gasteiger partial charge in [0, 0.05) is 34.8 Å². The van der Waals surface area contributed by atoms with Crippen LogP contribution in [0.4, 0.5) is 11.4 Å². The zero-order valence-corrected chi connectivity index (χ0v) is 16.2. The van der Waals surface area contributed by atoms with Gasteiger partial charge in [-0.3, -0.25) is 15.5 Å². The average molecular weight is 392 g/mol. The molecule has 0 saturated heterocycles. The Hall–Kier alpha value is -3.94. The highest BCUT2D eigenvalue weighted by Crippen LogP contribution is 2.21. The third kappa shape index (κ3) is 4.32. The van der Waals surface area contributed by atoms with E-state index in [2.05, 4.69) is 10.5 Å². The number of non-ortho nitro benzene ring substituents is 1. The summed E-state index contributed by atoms with van der Waals surface area (Å²) >= 11 is 0. The minimum Gasteiger partial charge on any atom is -0.465 e. The summed E-state index contributed by atoms with van der Waals surface area (Å²) < 4.78 is 6.82. The van der Waals surface area contributed by atoms with E-state index in [-0.39, 0.29) is 11.7 Å². The van der Waals surface area contributed by atoms with Gasteiger partial charge in [-0.1, -0.05) is 6.07 Å². The molecule has 0 radical (unpaired) electrons. The Bertz CT molecular complexity index is 1080. The van der Waals surface area contributed by atoms with E-state index < -0.39 is 4.92 Å². The quantitative estimate of drug-likeness (QED) is 0.293. The fourth-order valence-electron chi connectivity index (χ4n) is 3.04. The lowest BCUT2D eigenvalue weighted by molar-refractivity contribution is -0.384. The summed E-state index contributed by atoms with van der Waals surface area (Å²) in [7, 11) is 1.35. The standard InChI is InChI=1S/C21H20N4O4/c1-14-11-17(13-22-23-18-7-9-19(10-8-18)25(27)28)15(2)24(14)20-6-4-5-16(12-20)21(26)29-3/h4-13,23H,1-3H3/b22-13+. The van der Waals surface area contributed by atoms with Gasteiger partial charge in [0.2, 0.25) is 0 Å². The molecule has 0 aliphatic rings. The Kier molecular flexibility index (Phi) is 5.73. The topological polar surface area (TPSA) is 98.8 Å². The van der Waals surface area contributed by atoms with Crippen LogP contribution in [-0.2, 0) is 4.74 Å². The summed E-state index contributed by atoms with van der Waals surface area (Å²) in [5.41, 5.74) is 7.71. The number of hydrazone groups is 1. The van der Waals surface area contributed by atoms with Crippen LogP contribution in [0.1, 0.15) is 27.3 Å². The van der Waals surface area contributed by atoms with Crippen molar-refractivity contribution in [3.05, 3.63) is 87.2 Å². The van der Waals surface area contributed by atoms with Crippen molar-refractivity contribution < 1.29 is 14.5 Å². The molecule has 8 nitrogen and oxygen atoms in total. The molecule has 3 aromatic rings. The van der Waals surface area contributed by atoms with Crippen molar-refractivity contribution in [2.75, 3.05) is 12.5 Å². The first-order valence-corrected chi connectivity index (χ1v) is 8.82. The molecule has 0 bridgehead atoms. The van der Waals surface area contributed by atoms with Crippen molar-refractivity contribution in [1.29, 1.82) is 0 Å². The maximum atomic E-state index is 11.8. The van der Waals surface area contributed by atoms with Crippen LogP contribution in [0.25, 0.3) is 5.69 Å². The number of aromatic nitrogens is 1. The molecule has 0 unspecified atom stereocenters. The van der Waals surface area contributed by atoms with Gasteiger partial charge < -0.3 is 9.30 Å². The number of hydrogen-bond donors (Lipinski definition) is 1. The van der Waals surface area contributed by atoms with Crippen LogP contribution in [0.15, 0.2) is 59.7 Å². The summed E-state index contributed by atoms with van der Waals surface area (Å²) in [4.78, 5) is 22.1. The molecule has 0 amide bonds. The first kappa shape index (κ1) is 19.8. The van der Waals surface area contributed by atoms with Gasteiger partial charge in [0.15, 0.2) is 0 Å². The number of methoxy groups -OCH3 is 1. The number of nitro groups is 1. The van der Waals surface area contributed by atoms with E-state index in [0.717, 1.165) is 22.6 Å². The molecule has 0 atom stereocenters. The molecule has 148 valence electrons. The maximum absolute atomic E-state index is 11.8. The smallest absolute Gasteiger partial charge is 0.337 e. The molecule has 1 heterocycles. The van der Waals surface area contributed by atoms with Crippen molar-refractivity contribution in [2.45, 2.75) is 13.8 Å². The highest BCUT2D eigenvalue weighted by atomic mass is 16.6. The number of anilines is 1. The number of hydrogen-bond acceptors (Lipinski definition) is 6.